The Morgan fingerprint density at radius 2 is 0.708 bits per heavy atom. The molecule has 4 rings (SSSR count). The molecule has 0 heterocycles. The van der Waals surface area contributed by atoms with E-state index in [1.165, 1.54) is 112 Å². The van der Waals surface area contributed by atoms with Crippen LogP contribution in [0.4, 0.5) is 0 Å². The Labute approximate surface area is 148 Å². The molecule has 24 heavy (non-hydrogen) atoms. The number of benzene rings is 2. The van der Waals surface area contributed by atoms with Crippen molar-refractivity contribution in [1.29, 1.82) is 0 Å². The van der Waals surface area contributed by atoms with Crippen molar-refractivity contribution in [2.75, 3.05) is 0 Å². The Balaban J connectivity index is 1.63. The molecule has 0 amide bonds. The lowest BCUT2D eigenvalue weighted by atomic mass is 9.98. The van der Waals surface area contributed by atoms with Gasteiger partial charge < -0.3 is 0 Å². The molecule has 0 saturated heterocycles. The summed E-state index contributed by atoms with van der Waals surface area (Å²) in [5.41, 5.74) is 3.04. The Hall–Kier alpha value is -1.30. The van der Waals surface area contributed by atoms with Crippen molar-refractivity contribution < 1.29 is 0 Å². The first kappa shape index (κ1) is 17.5. The Bertz CT molecular complexity index is 555. The summed E-state index contributed by atoms with van der Waals surface area (Å²) >= 11 is 0. The minimum Gasteiger partial charge on any atom is -0.0584 e. The molecular formula is C24H34. The van der Waals surface area contributed by atoms with Gasteiger partial charge in [-0.15, -0.1) is 0 Å². The zero-order valence-electron chi connectivity index (χ0n) is 15.4. The highest BCUT2D eigenvalue weighted by Crippen LogP contribution is 2.21. The van der Waals surface area contributed by atoms with Crippen LogP contribution in [0.25, 0.3) is 10.8 Å². The van der Waals surface area contributed by atoms with Crippen LogP contribution in [0.15, 0.2) is 36.4 Å². The predicted molar refractivity (Wildman–Crippen MR) is 107 cm³/mol. The van der Waals surface area contributed by atoms with Crippen molar-refractivity contribution >= 4 is 10.8 Å². The van der Waals surface area contributed by atoms with Gasteiger partial charge in [0.1, 0.15) is 0 Å². The van der Waals surface area contributed by atoms with Crippen LogP contribution in [-0.2, 0) is 12.8 Å². The number of fused-ring (bicyclic) bond motifs is 15. The normalized spacial score (nSPS) is 19.0. The lowest BCUT2D eigenvalue weighted by Gasteiger charge is -2.08. The highest BCUT2D eigenvalue weighted by molar-refractivity contribution is 5.83. The van der Waals surface area contributed by atoms with Gasteiger partial charge in [-0.1, -0.05) is 101 Å². The third kappa shape index (κ3) is 5.65. The van der Waals surface area contributed by atoms with E-state index in [0.29, 0.717) is 0 Å². The predicted octanol–water partition coefficient (Wildman–Crippen LogP) is 7.62. The molecule has 2 aliphatic carbocycles. The Morgan fingerprint density at radius 3 is 1.08 bits per heavy atom. The minimum absolute atomic E-state index is 1.25. The largest absolute Gasteiger partial charge is 0.0584 e. The molecule has 0 aliphatic heterocycles. The van der Waals surface area contributed by atoms with E-state index in [1.54, 1.807) is 0 Å². The molecule has 0 atom stereocenters. The van der Waals surface area contributed by atoms with Gasteiger partial charge in [0, 0.05) is 0 Å². The maximum atomic E-state index is 2.41. The number of aryl methyl sites for hydroxylation is 2. The first-order chi connectivity index (χ1) is 11.9. The minimum atomic E-state index is 1.25. The maximum Gasteiger partial charge on any atom is -0.0181 e. The fourth-order valence-electron chi connectivity index (χ4n) is 4.08. The van der Waals surface area contributed by atoms with Gasteiger partial charge in [0.15, 0.2) is 0 Å². The van der Waals surface area contributed by atoms with Gasteiger partial charge in [0.25, 0.3) is 0 Å². The van der Waals surface area contributed by atoms with Gasteiger partial charge in [0.2, 0.25) is 0 Å². The van der Waals surface area contributed by atoms with Crippen LogP contribution in [0, 0.1) is 0 Å². The zero-order valence-corrected chi connectivity index (χ0v) is 15.4. The second-order valence-corrected chi connectivity index (χ2v) is 7.76. The molecule has 2 aliphatic rings. The number of hydrogen-bond acceptors (Lipinski definition) is 0. The van der Waals surface area contributed by atoms with E-state index in [2.05, 4.69) is 36.4 Å². The molecule has 4 bridgehead atoms. The van der Waals surface area contributed by atoms with E-state index < -0.39 is 0 Å². The molecule has 0 heteroatoms. The SMILES string of the molecule is c1cc2cc3ccc2cc1CCCCCCCCCCCCCC3. The van der Waals surface area contributed by atoms with E-state index >= 15 is 0 Å². The molecule has 2 aromatic carbocycles. The molecular weight excluding hydrogens is 288 g/mol. The average molecular weight is 323 g/mol. The monoisotopic (exact) mass is 322 g/mol. The summed E-state index contributed by atoms with van der Waals surface area (Å²) in [7, 11) is 0. The van der Waals surface area contributed by atoms with E-state index in [1.807, 2.05) is 0 Å². The summed E-state index contributed by atoms with van der Waals surface area (Å²) in [5.74, 6) is 0. The fourth-order valence-corrected chi connectivity index (χ4v) is 4.08. The first-order valence-electron chi connectivity index (χ1n) is 10.4. The lowest BCUT2D eigenvalue weighted by Crippen LogP contribution is -1.90. The lowest BCUT2D eigenvalue weighted by molar-refractivity contribution is 0.540. The Kier molecular flexibility index (Phi) is 7.20. The third-order valence-corrected chi connectivity index (χ3v) is 5.65. The summed E-state index contributed by atoms with van der Waals surface area (Å²) in [4.78, 5) is 0. The van der Waals surface area contributed by atoms with Gasteiger partial charge in [0.05, 0.1) is 0 Å². The molecule has 0 radical (unpaired) electrons. The fraction of sp³-hybridized carbons (Fsp3) is 0.583. The van der Waals surface area contributed by atoms with Crippen LogP contribution >= 0.6 is 0 Å². The quantitative estimate of drug-likeness (QED) is 0.468. The van der Waals surface area contributed by atoms with Crippen LogP contribution in [0.1, 0.15) is 88.2 Å². The summed E-state index contributed by atoms with van der Waals surface area (Å²) in [6.07, 6.45) is 19.6. The van der Waals surface area contributed by atoms with Crippen LogP contribution < -0.4 is 0 Å². The zero-order chi connectivity index (χ0) is 16.5. The van der Waals surface area contributed by atoms with Crippen molar-refractivity contribution in [3.8, 4) is 0 Å². The summed E-state index contributed by atoms with van der Waals surface area (Å²) in [6, 6.07) is 14.2. The van der Waals surface area contributed by atoms with Crippen molar-refractivity contribution in [2.24, 2.45) is 0 Å². The topological polar surface area (TPSA) is 0 Å². The van der Waals surface area contributed by atoms with E-state index in [0.717, 1.165) is 0 Å². The van der Waals surface area contributed by atoms with E-state index in [-0.39, 0.29) is 0 Å². The van der Waals surface area contributed by atoms with E-state index in [9.17, 15) is 0 Å². The van der Waals surface area contributed by atoms with Crippen molar-refractivity contribution in [2.45, 2.75) is 89.9 Å². The molecule has 0 nitrogen and oxygen atoms in total. The summed E-state index contributed by atoms with van der Waals surface area (Å²) in [5, 5.41) is 2.84. The Morgan fingerprint density at radius 1 is 0.375 bits per heavy atom. The second-order valence-electron chi connectivity index (χ2n) is 7.76. The van der Waals surface area contributed by atoms with Crippen LogP contribution in [0.2, 0.25) is 0 Å². The molecule has 0 unspecified atom stereocenters. The van der Waals surface area contributed by atoms with Gasteiger partial charge >= 0.3 is 0 Å². The van der Waals surface area contributed by atoms with Crippen molar-refractivity contribution in [1.82, 2.24) is 0 Å². The standard InChI is InChI=1S/C24H34/c1-2-4-6-8-10-12-14-22-16-18-23-19-21(15-17-24(23)20-22)13-11-9-7-5-3-1/h15-20H,1-14H2. The van der Waals surface area contributed by atoms with Gasteiger partial charge in [-0.05, 0) is 47.6 Å². The molecule has 0 N–H and O–H groups in total. The van der Waals surface area contributed by atoms with Crippen LogP contribution in [0.5, 0.6) is 0 Å². The highest BCUT2D eigenvalue weighted by atomic mass is 14.1. The summed E-state index contributed by atoms with van der Waals surface area (Å²) < 4.78 is 0. The molecule has 2 aromatic rings. The van der Waals surface area contributed by atoms with Gasteiger partial charge in [-0.25, -0.2) is 0 Å². The number of rotatable bonds is 0. The molecule has 0 saturated carbocycles. The highest BCUT2D eigenvalue weighted by Gasteiger charge is 2.01. The molecule has 0 aromatic heterocycles. The maximum absolute atomic E-state index is 2.41. The first-order valence-corrected chi connectivity index (χ1v) is 10.4. The second kappa shape index (κ2) is 9.87. The van der Waals surface area contributed by atoms with Crippen molar-refractivity contribution in [3.05, 3.63) is 47.5 Å². The average Bonchev–Trinajstić information content (AvgIpc) is 2.61. The smallest absolute Gasteiger partial charge is 0.0181 e. The van der Waals surface area contributed by atoms with Gasteiger partial charge in [-0.2, -0.15) is 0 Å². The molecule has 0 spiro atoms. The van der Waals surface area contributed by atoms with Crippen LogP contribution in [-0.4, -0.2) is 0 Å². The molecule has 0 fully saturated rings. The van der Waals surface area contributed by atoms with Gasteiger partial charge in [-0.3, -0.25) is 0 Å². The van der Waals surface area contributed by atoms with Crippen molar-refractivity contribution in [3.63, 3.8) is 0 Å². The summed E-state index contributed by atoms with van der Waals surface area (Å²) in [6.45, 7) is 0. The number of hydrogen-bond donors (Lipinski definition) is 0. The van der Waals surface area contributed by atoms with Crippen LogP contribution in [0.3, 0.4) is 0 Å². The van der Waals surface area contributed by atoms with E-state index in [4.69, 9.17) is 0 Å². The third-order valence-electron chi connectivity index (χ3n) is 5.65. The molecule has 130 valence electrons.